The molecule has 0 saturated heterocycles. The molecule has 12 heteroatoms. The highest BCUT2D eigenvalue weighted by molar-refractivity contribution is 5.91. The number of ether oxygens (including phenoxy) is 3. The summed E-state index contributed by atoms with van der Waals surface area (Å²) in [6.45, 7) is -0.412. The summed E-state index contributed by atoms with van der Waals surface area (Å²) in [4.78, 5) is 23.8. The van der Waals surface area contributed by atoms with Crippen LogP contribution in [0.4, 0.5) is 33.3 Å². The number of nitrogen functional groups attached to an aromatic ring is 2. The Morgan fingerprint density at radius 1 is 0.842 bits per heavy atom. The number of carbonyl (C=O) groups excluding carboxylic acids is 2. The molecule has 0 bridgehead atoms. The quantitative estimate of drug-likeness (QED) is 0.139. The van der Waals surface area contributed by atoms with Gasteiger partial charge in [-0.1, -0.05) is 12.1 Å². The Morgan fingerprint density at radius 2 is 1.39 bits per heavy atom. The van der Waals surface area contributed by atoms with Crippen LogP contribution in [0.3, 0.4) is 0 Å². The van der Waals surface area contributed by atoms with Crippen molar-refractivity contribution < 1.29 is 45.8 Å². The van der Waals surface area contributed by atoms with E-state index in [-0.39, 0.29) is 50.2 Å². The van der Waals surface area contributed by atoms with Crippen LogP contribution in [0.1, 0.15) is 41.6 Å². The van der Waals surface area contributed by atoms with Gasteiger partial charge < -0.3 is 25.7 Å². The minimum Gasteiger partial charge on any atom is -0.459 e. The van der Waals surface area contributed by atoms with Crippen molar-refractivity contribution in [3.8, 4) is 5.75 Å². The molecule has 0 amide bonds. The molecule has 0 aromatic heterocycles. The molecule has 0 spiro atoms. The van der Waals surface area contributed by atoms with Crippen molar-refractivity contribution in [1.82, 2.24) is 0 Å². The maximum absolute atomic E-state index is 14.5. The highest BCUT2D eigenvalue weighted by Crippen LogP contribution is 2.44. The highest BCUT2D eigenvalue weighted by Gasteiger charge is 2.48. The molecule has 38 heavy (non-hydrogen) atoms. The summed E-state index contributed by atoms with van der Waals surface area (Å²) in [5.41, 5.74) is 12.5. The van der Waals surface area contributed by atoms with Gasteiger partial charge in [0.1, 0.15) is 19.0 Å². The Hall–Kier alpha value is -3.83. The fourth-order valence-corrected chi connectivity index (χ4v) is 4.01. The number of esters is 2. The smallest absolute Gasteiger partial charge is 0.400 e. The minimum atomic E-state index is -4.38. The first-order valence-electron chi connectivity index (χ1n) is 11.7. The number of rotatable bonds is 9. The second-order valence-corrected chi connectivity index (χ2v) is 8.85. The summed E-state index contributed by atoms with van der Waals surface area (Å²) < 4.78 is 82.0. The van der Waals surface area contributed by atoms with Gasteiger partial charge in [0.25, 0.3) is 0 Å². The van der Waals surface area contributed by atoms with E-state index in [1.165, 1.54) is 48.5 Å². The lowest BCUT2D eigenvalue weighted by Crippen LogP contribution is -2.39. The standard InChI is InChI=1S/C26H27F5N2O5/c27-25(28,29)18-4-6-19(7-5-18)26(30,31)38-22-8-1-16(2-9-22)3-10-23(34)36-11-12-37-24(35)17-13-20(32)15-21(33)14-17/h1-3,8-10,13-15,18-19H,4-7,11-12,32-33H2. The van der Waals surface area contributed by atoms with Crippen LogP contribution in [0.25, 0.3) is 6.08 Å². The predicted octanol–water partition coefficient (Wildman–Crippen LogP) is 5.60. The molecule has 0 radical (unpaired) electrons. The third kappa shape index (κ3) is 8.35. The van der Waals surface area contributed by atoms with Crippen molar-refractivity contribution in [3.05, 3.63) is 59.7 Å². The van der Waals surface area contributed by atoms with Gasteiger partial charge in [-0.05, 0) is 67.7 Å². The molecular weight excluding hydrogens is 515 g/mol. The molecule has 0 heterocycles. The molecule has 4 N–H and O–H groups in total. The summed E-state index contributed by atoms with van der Waals surface area (Å²) in [7, 11) is 0. The van der Waals surface area contributed by atoms with Crippen molar-refractivity contribution in [3.63, 3.8) is 0 Å². The van der Waals surface area contributed by atoms with Gasteiger partial charge in [-0.15, -0.1) is 0 Å². The van der Waals surface area contributed by atoms with Crippen LogP contribution < -0.4 is 16.2 Å². The largest absolute Gasteiger partial charge is 0.459 e. The maximum Gasteiger partial charge on any atom is 0.400 e. The fraction of sp³-hybridized carbons (Fsp3) is 0.385. The number of halogens is 5. The number of alkyl halides is 5. The van der Waals surface area contributed by atoms with E-state index in [4.69, 9.17) is 25.7 Å². The van der Waals surface area contributed by atoms with Crippen LogP contribution in [0.15, 0.2) is 48.5 Å². The molecule has 2 aromatic carbocycles. The molecule has 1 fully saturated rings. The van der Waals surface area contributed by atoms with Crippen LogP contribution in [0.2, 0.25) is 0 Å². The predicted molar refractivity (Wildman–Crippen MR) is 129 cm³/mol. The third-order valence-corrected chi connectivity index (χ3v) is 5.99. The van der Waals surface area contributed by atoms with E-state index in [0.717, 1.165) is 6.08 Å². The van der Waals surface area contributed by atoms with Crippen LogP contribution in [-0.2, 0) is 14.3 Å². The molecule has 1 aliphatic carbocycles. The average Bonchev–Trinajstić information content (AvgIpc) is 2.85. The van der Waals surface area contributed by atoms with Gasteiger partial charge in [0, 0.05) is 17.5 Å². The summed E-state index contributed by atoms with van der Waals surface area (Å²) >= 11 is 0. The molecule has 2 aromatic rings. The Kier molecular flexibility index (Phi) is 9.18. The molecule has 206 valence electrons. The van der Waals surface area contributed by atoms with Gasteiger partial charge in [-0.2, -0.15) is 22.0 Å². The number of anilines is 2. The van der Waals surface area contributed by atoms with Gasteiger partial charge in [0.15, 0.2) is 0 Å². The van der Waals surface area contributed by atoms with Crippen molar-refractivity contribution in [2.45, 2.75) is 38.0 Å². The Balaban J connectivity index is 1.41. The van der Waals surface area contributed by atoms with Crippen molar-refractivity contribution in [1.29, 1.82) is 0 Å². The second kappa shape index (κ2) is 12.1. The lowest BCUT2D eigenvalue weighted by atomic mass is 9.81. The minimum absolute atomic E-state index is 0.156. The van der Waals surface area contributed by atoms with E-state index in [0.29, 0.717) is 16.9 Å². The molecule has 1 saturated carbocycles. The Morgan fingerprint density at radius 3 is 1.97 bits per heavy atom. The van der Waals surface area contributed by atoms with Gasteiger partial charge in [0.2, 0.25) is 0 Å². The molecule has 7 nitrogen and oxygen atoms in total. The van der Waals surface area contributed by atoms with Crippen LogP contribution in [-0.4, -0.2) is 37.4 Å². The van der Waals surface area contributed by atoms with Crippen molar-refractivity contribution >= 4 is 29.4 Å². The van der Waals surface area contributed by atoms with Crippen LogP contribution >= 0.6 is 0 Å². The van der Waals surface area contributed by atoms with E-state index in [1.807, 2.05) is 0 Å². The number of benzene rings is 2. The van der Waals surface area contributed by atoms with E-state index in [1.54, 1.807) is 0 Å². The van der Waals surface area contributed by atoms with Gasteiger partial charge in [0.05, 0.1) is 17.4 Å². The first kappa shape index (κ1) is 28.7. The van der Waals surface area contributed by atoms with E-state index in [9.17, 15) is 31.5 Å². The Bertz CT molecular complexity index is 1120. The molecular formula is C26H27F5N2O5. The molecule has 0 atom stereocenters. The van der Waals surface area contributed by atoms with Crippen molar-refractivity contribution in [2.24, 2.45) is 11.8 Å². The summed E-state index contributed by atoms with van der Waals surface area (Å²) in [6, 6.07) is 9.66. The lowest BCUT2D eigenvalue weighted by molar-refractivity contribution is -0.237. The normalized spacial score (nSPS) is 18.2. The molecule has 0 aliphatic heterocycles. The van der Waals surface area contributed by atoms with E-state index in [2.05, 4.69) is 0 Å². The summed E-state index contributed by atoms with van der Waals surface area (Å²) in [6.07, 6.45) is -6.78. The zero-order valence-electron chi connectivity index (χ0n) is 20.2. The monoisotopic (exact) mass is 542 g/mol. The number of hydrogen-bond acceptors (Lipinski definition) is 7. The summed E-state index contributed by atoms with van der Waals surface area (Å²) in [5.74, 6) is -4.43. The summed E-state index contributed by atoms with van der Waals surface area (Å²) in [5, 5.41) is 0. The number of nitrogens with two attached hydrogens (primary N) is 2. The van der Waals surface area contributed by atoms with Gasteiger partial charge in [-0.25, -0.2) is 9.59 Å². The number of carbonyl (C=O) groups is 2. The topological polar surface area (TPSA) is 114 Å². The van der Waals surface area contributed by atoms with Gasteiger partial charge >= 0.3 is 24.2 Å². The average molecular weight is 543 g/mol. The second-order valence-electron chi connectivity index (χ2n) is 8.85. The molecule has 3 rings (SSSR count). The zero-order valence-corrected chi connectivity index (χ0v) is 20.2. The lowest BCUT2D eigenvalue weighted by Gasteiger charge is -2.33. The van der Waals surface area contributed by atoms with Crippen LogP contribution in [0, 0.1) is 11.8 Å². The van der Waals surface area contributed by atoms with Crippen LogP contribution in [0.5, 0.6) is 5.75 Å². The van der Waals surface area contributed by atoms with E-state index >= 15 is 0 Å². The maximum atomic E-state index is 14.5. The molecule has 1 aliphatic rings. The SMILES string of the molecule is Nc1cc(N)cc(C(=O)OCCOC(=O)C=Cc2ccc(OC(F)(F)C3CCC(C(F)(F)F)CC3)cc2)c1. The van der Waals surface area contributed by atoms with E-state index < -0.39 is 36.1 Å². The Labute approximate surface area is 215 Å². The number of hydrogen-bond donors (Lipinski definition) is 2. The van der Waals surface area contributed by atoms with Crippen molar-refractivity contribution in [2.75, 3.05) is 24.7 Å². The third-order valence-electron chi connectivity index (χ3n) is 5.99. The molecule has 0 unspecified atom stereocenters. The highest BCUT2D eigenvalue weighted by atomic mass is 19.4. The fourth-order valence-electron chi connectivity index (χ4n) is 4.01. The first-order valence-corrected chi connectivity index (χ1v) is 11.7. The first-order chi connectivity index (χ1) is 17.8. The van der Waals surface area contributed by atoms with Gasteiger partial charge in [-0.3, -0.25) is 0 Å². The zero-order chi connectivity index (χ0) is 27.9.